The third-order valence-corrected chi connectivity index (χ3v) is 5.69. The average molecular weight is 216 g/mol. The van der Waals surface area contributed by atoms with Gasteiger partial charge in [-0.3, -0.25) is 4.79 Å². The van der Waals surface area contributed by atoms with E-state index >= 15 is 0 Å². The fourth-order valence-electron chi connectivity index (χ4n) is 1.68. The van der Waals surface area contributed by atoms with Gasteiger partial charge in [-0.05, 0) is 18.7 Å². The van der Waals surface area contributed by atoms with E-state index in [-0.39, 0.29) is 10.6 Å². The summed E-state index contributed by atoms with van der Waals surface area (Å²) in [5.74, 6) is 0. The van der Waals surface area contributed by atoms with E-state index in [1.165, 1.54) is 0 Å². The third kappa shape index (κ3) is 3.69. The van der Waals surface area contributed by atoms with E-state index in [0.717, 1.165) is 0 Å². The molecule has 1 atom stereocenters. The van der Waals surface area contributed by atoms with E-state index in [0.29, 0.717) is 11.2 Å². The van der Waals surface area contributed by atoms with Crippen LogP contribution < -0.4 is 0 Å². The fourth-order valence-corrected chi connectivity index (χ4v) is 5.03. The maximum Gasteiger partial charge on any atom is 0.160 e. The molecule has 0 rings (SSSR count). The topological polar surface area (TPSA) is 17.1 Å². The van der Waals surface area contributed by atoms with Crippen LogP contribution in [0.3, 0.4) is 0 Å². The molecule has 0 aromatic carbocycles. The molecule has 0 aromatic heterocycles. The summed E-state index contributed by atoms with van der Waals surface area (Å²) in [6.07, 6.45) is 0. The molecule has 0 aliphatic heterocycles. The zero-order chi connectivity index (χ0) is 11.7. The van der Waals surface area contributed by atoms with Crippen molar-refractivity contribution in [1.82, 2.24) is 0 Å². The Hall–Kier alpha value is 0.100. The van der Waals surface area contributed by atoms with Crippen LogP contribution in [0.4, 0.5) is 0 Å². The van der Waals surface area contributed by atoms with Gasteiger partial charge in [-0.2, -0.15) is 0 Å². The number of hydrogen-bond acceptors (Lipinski definition) is 1. The molecule has 14 heavy (non-hydrogen) atoms. The summed E-state index contributed by atoms with van der Waals surface area (Å²) in [5, 5.41) is 0.133. The molecule has 0 amide bonds. The smallest absolute Gasteiger partial charge is 0.160 e. The van der Waals surface area contributed by atoms with Crippen molar-refractivity contribution in [3.05, 3.63) is 0 Å². The first-order valence-corrected chi connectivity index (χ1v) is 6.73. The molecule has 2 heteroatoms. The zero-order valence-electron chi connectivity index (χ0n) is 10.9. The van der Waals surface area contributed by atoms with Crippen LogP contribution in [0, 0.1) is 5.41 Å². The average Bonchev–Trinajstić information content (AvgIpc) is 1.79. The lowest BCUT2D eigenvalue weighted by molar-refractivity contribution is -0.118. The summed E-state index contributed by atoms with van der Waals surface area (Å²) >= 11 is 0. The summed E-state index contributed by atoms with van der Waals surface area (Å²) in [5.41, 5.74) is 0.746. The van der Waals surface area contributed by atoms with E-state index in [1.807, 2.05) is 20.8 Å². The fraction of sp³-hybridized carbons (Fsp3) is 0.917. The Labute approximate surface area is 90.4 Å². The molecule has 0 saturated heterocycles. The minimum atomic E-state index is -0.549. The van der Waals surface area contributed by atoms with Crippen molar-refractivity contribution in [2.75, 3.05) is 0 Å². The van der Waals surface area contributed by atoms with Gasteiger partial charge in [0.05, 0.1) is 0 Å². The first-order valence-electron chi connectivity index (χ1n) is 5.31. The van der Waals surface area contributed by atoms with Crippen molar-refractivity contribution in [3.63, 3.8) is 0 Å². The lowest BCUT2D eigenvalue weighted by atomic mass is 9.99. The predicted molar refractivity (Wildman–Crippen MR) is 66.3 cm³/mol. The molecule has 0 aromatic rings. The van der Waals surface area contributed by atoms with E-state index < -0.39 is 7.92 Å². The highest BCUT2D eigenvalue weighted by molar-refractivity contribution is 7.76. The Morgan fingerprint density at radius 3 is 1.43 bits per heavy atom. The van der Waals surface area contributed by atoms with Crippen molar-refractivity contribution in [3.8, 4) is 0 Å². The van der Waals surface area contributed by atoms with Gasteiger partial charge in [-0.25, -0.2) is 0 Å². The van der Waals surface area contributed by atoms with E-state index in [2.05, 4.69) is 34.6 Å². The molecule has 0 fully saturated rings. The normalized spacial score (nSPS) is 15.8. The number of hydrogen-bond donors (Lipinski definition) is 0. The summed E-state index contributed by atoms with van der Waals surface area (Å²) < 4.78 is 0. The molecule has 0 radical (unpaired) electrons. The van der Waals surface area contributed by atoms with Gasteiger partial charge in [0.2, 0.25) is 0 Å². The van der Waals surface area contributed by atoms with Gasteiger partial charge in [0, 0.05) is 5.41 Å². The van der Waals surface area contributed by atoms with Crippen LogP contribution in [0.5, 0.6) is 0 Å². The second-order valence-electron chi connectivity index (χ2n) is 6.19. The first kappa shape index (κ1) is 14.1. The van der Waals surface area contributed by atoms with Crippen LogP contribution in [0.1, 0.15) is 55.4 Å². The molecule has 0 bridgehead atoms. The molecular weight excluding hydrogens is 191 g/mol. The summed E-state index contributed by atoms with van der Waals surface area (Å²) in [6.45, 7) is 17.0. The molecule has 0 aliphatic carbocycles. The molecule has 0 N–H and O–H groups in total. The second kappa shape index (κ2) is 4.31. The van der Waals surface area contributed by atoms with Gasteiger partial charge < -0.3 is 0 Å². The molecule has 0 aliphatic rings. The molecular formula is C12H25OP. The molecule has 1 unspecified atom stereocenters. The molecule has 1 nitrogen and oxygen atoms in total. The minimum absolute atomic E-state index is 0.133. The number of carbonyl (C=O) groups is 1. The minimum Gasteiger partial charge on any atom is -0.294 e. The SMILES string of the molecule is CC(C)P(C(=O)C(C)(C)C)C(C)(C)C. The zero-order valence-corrected chi connectivity index (χ0v) is 11.8. The Morgan fingerprint density at radius 2 is 1.36 bits per heavy atom. The maximum atomic E-state index is 12.3. The largest absolute Gasteiger partial charge is 0.294 e. The molecule has 0 heterocycles. The van der Waals surface area contributed by atoms with Gasteiger partial charge in [0.25, 0.3) is 0 Å². The van der Waals surface area contributed by atoms with E-state index in [9.17, 15) is 4.79 Å². The molecule has 84 valence electrons. The van der Waals surface area contributed by atoms with Crippen LogP contribution in [-0.2, 0) is 4.79 Å². The van der Waals surface area contributed by atoms with Gasteiger partial charge in [0.15, 0.2) is 5.52 Å². The Balaban J connectivity index is 4.97. The number of rotatable bonds is 2. The van der Waals surface area contributed by atoms with Crippen LogP contribution in [0.2, 0.25) is 0 Å². The highest BCUT2D eigenvalue weighted by Gasteiger charge is 2.38. The Bertz CT molecular complexity index is 205. The Morgan fingerprint density at radius 1 is 1.00 bits per heavy atom. The van der Waals surface area contributed by atoms with Crippen LogP contribution >= 0.6 is 7.92 Å². The molecule has 0 saturated carbocycles. The molecule has 0 spiro atoms. The number of carbonyl (C=O) groups excluding carboxylic acids is 1. The standard InChI is InChI=1S/C12H25OP/c1-9(2)14(12(6,7)8)10(13)11(3,4)5/h9H,1-8H3. The predicted octanol–water partition coefficient (Wildman–Crippen LogP) is 4.25. The lowest BCUT2D eigenvalue weighted by Gasteiger charge is -2.37. The quantitative estimate of drug-likeness (QED) is 0.631. The first-order chi connectivity index (χ1) is 5.98. The van der Waals surface area contributed by atoms with Crippen molar-refractivity contribution >= 4 is 13.4 Å². The van der Waals surface area contributed by atoms with Gasteiger partial charge in [0.1, 0.15) is 0 Å². The monoisotopic (exact) mass is 216 g/mol. The van der Waals surface area contributed by atoms with Crippen LogP contribution in [-0.4, -0.2) is 16.3 Å². The summed E-state index contributed by atoms with van der Waals surface area (Å²) in [7, 11) is -0.549. The lowest BCUT2D eigenvalue weighted by Crippen LogP contribution is -2.29. The highest BCUT2D eigenvalue weighted by atomic mass is 31.1. The van der Waals surface area contributed by atoms with Gasteiger partial charge in [-0.15, -0.1) is 0 Å². The second-order valence-corrected chi connectivity index (χ2v) is 9.71. The van der Waals surface area contributed by atoms with E-state index in [4.69, 9.17) is 0 Å². The Kier molecular flexibility index (Phi) is 4.34. The van der Waals surface area contributed by atoms with Crippen LogP contribution in [0.15, 0.2) is 0 Å². The third-order valence-electron chi connectivity index (χ3n) is 2.10. The van der Waals surface area contributed by atoms with Gasteiger partial charge >= 0.3 is 0 Å². The maximum absolute atomic E-state index is 12.3. The van der Waals surface area contributed by atoms with Crippen molar-refractivity contribution in [2.24, 2.45) is 5.41 Å². The van der Waals surface area contributed by atoms with Crippen LogP contribution in [0.25, 0.3) is 0 Å². The van der Waals surface area contributed by atoms with Gasteiger partial charge in [-0.1, -0.05) is 55.4 Å². The summed E-state index contributed by atoms with van der Waals surface area (Å²) in [4.78, 5) is 12.3. The van der Waals surface area contributed by atoms with E-state index in [1.54, 1.807) is 0 Å². The van der Waals surface area contributed by atoms with Crippen molar-refractivity contribution in [1.29, 1.82) is 0 Å². The highest BCUT2D eigenvalue weighted by Crippen LogP contribution is 2.57. The van der Waals surface area contributed by atoms with Crippen molar-refractivity contribution < 1.29 is 4.79 Å². The van der Waals surface area contributed by atoms with Crippen molar-refractivity contribution in [2.45, 2.75) is 66.2 Å². The summed E-state index contributed by atoms with van der Waals surface area (Å²) in [6, 6.07) is 0.